The van der Waals surface area contributed by atoms with Crippen LogP contribution in [0.25, 0.3) is 0 Å². The molecular weight excluding hydrogens is 276 g/mol. The van der Waals surface area contributed by atoms with Crippen LogP contribution in [0.2, 0.25) is 0 Å². The lowest BCUT2D eigenvalue weighted by Gasteiger charge is -2.26. The first-order valence-corrected chi connectivity index (χ1v) is 8.10. The molecule has 1 fully saturated rings. The van der Waals surface area contributed by atoms with Gasteiger partial charge in [0.15, 0.2) is 0 Å². The van der Waals surface area contributed by atoms with Gasteiger partial charge in [0.1, 0.15) is 6.04 Å². The monoisotopic (exact) mass is 302 g/mol. The lowest BCUT2D eigenvalue weighted by molar-refractivity contribution is -0.136. The predicted molar refractivity (Wildman–Crippen MR) is 87.4 cm³/mol. The molecule has 1 N–H and O–H groups in total. The second-order valence-electron chi connectivity index (χ2n) is 6.38. The fraction of sp³-hybridized carbons (Fsp3) is 0.556. The van der Waals surface area contributed by atoms with Gasteiger partial charge >= 0.3 is 0 Å². The number of rotatable bonds is 5. The first-order valence-electron chi connectivity index (χ1n) is 8.10. The third-order valence-electron chi connectivity index (χ3n) is 4.49. The van der Waals surface area contributed by atoms with Crippen molar-refractivity contribution in [2.45, 2.75) is 45.6 Å². The van der Waals surface area contributed by atoms with E-state index in [9.17, 15) is 9.59 Å². The Labute approximate surface area is 132 Å². The van der Waals surface area contributed by atoms with Crippen molar-refractivity contribution in [3.63, 3.8) is 0 Å². The van der Waals surface area contributed by atoms with Crippen molar-refractivity contribution in [3.05, 3.63) is 35.9 Å². The molecule has 4 nitrogen and oxygen atoms in total. The molecule has 4 heteroatoms. The Kier molecular flexibility index (Phi) is 5.58. The molecule has 0 unspecified atom stereocenters. The normalized spacial score (nSPS) is 19.3. The van der Waals surface area contributed by atoms with Crippen molar-refractivity contribution in [2.24, 2.45) is 5.92 Å². The number of nitrogens with one attached hydrogen (secondary N) is 1. The minimum atomic E-state index is -0.291. The van der Waals surface area contributed by atoms with Gasteiger partial charge in [-0.1, -0.05) is 44.2 Å². The molecule has 1 aliphatic heterocycles. The van der Waals surface area contributed by atoms with E-state index in [0.29, 0.717) is 19.0 Å². The summed E-state index contributed by atoms with van der Waals surface area (Å²) in [6.07, 6.45) is 1.67. The van der Waals surface area contributed by atoms with E-state index in [1.807, 2.05) is 18.2 Å². The van der Waals surface area contributed by atoms with E-state index in [1.165, 1.54) is 12.5 Å². The second kappa shape index (κ2) is 7.43. The van der Waals surface area contributed by atoms with Gasteiger partial charge in [0.25, 0.3) is 0 Å². The van der Waals surface area contributed by atoms with Crippen LogP contribution in [0.1, 0.15) is 45.1 Å². The molecule has 0 radical (unpaired) electrons. The molecular formula is C18H26N2O2. The van der Waals surface area contributed by atoms with Gasteiger partial charge in [-0.05, 0) is 24.3 Å². The minimum absolute atomic E-state index is 0.0129. The van der Waals surface area contributed by atoms with Crippen LogP contribution in [-0.4, -0.2) is 35.8 Å². The third-order valence-corrected chi connectivity index (χ3v) is 4.49. The average molecular weight is 302 g/mol. The highest BCUT2D eigenvalue weighted by molar-refractivity contribution is 5.87. The van der Waals surface area contributed by atoms with E-state index < -0.39 is 0 Å². The van der Waals surface area contributed by atoms with Gasteiger partial charge in [0, 0.05) is 25.9 Å². The van der Waals surface area contributed by atoms with Crippen molar-refractivity contribution in [1.29, 1.82) is 0 Å². The van der Waals surface area contributed by atoms with E-state index in [4.69, 9.17) is 0 Å². The summed E-state index contributed by atoms with van der Waals surface area (Å²) in [5.74, 6) is 0.697. The van der Waals surface area contributed by atoms with E-state index in [1.54, 1.807) is 4.90 Å². The van der Waals surface area contributed by atoms with E-state index in [-0.39, 0.29) is 23.8 Å². The van der Waals surface area contributed by atoms with Gasteiger partial charge in [-0.15, -0.1) is 0 Å². The first-order chi connectivity index (χ1) is 10.5. The lowest BCUT2D eigenvalue weighted by Crippen LogP contribution is -2.46. The Bertz CT molecular complexity index is 513. The maximum absolute atomic E-state index is 12.4. The highest BCUT2D eigenvalue weighted by atomic mass is 16.2. The zero-order valence-electron chi connectivity index (χ0n) is 13.7. The summed E-state index contributed by atoms with van der Waals surface area (Å²) in [6.45, 7) is 7.18. The third kappa shape index (κ3) is 3.87. The Morgan fingerprint density at radius 2 is 1.95 bits per heavy atom. The summed E-state index contributed by atoms with van der Waals surface area (Å²) in [6, 6.07) is 9.98. The summed E-state index contributed by atoms with van der Waals surface area (Å²) in [5, 5.41) is 3.06. The number of hydrogen-bond donors (Lipinski definition) is 1. The number of benzene rings is 1. The summed E-state index contributed by atoms with van der Waals surface area (Å²) >= 11 is 0. The lowest BCUT2D eigenvalue weighted by atomic mass is 9.88. The smallest absolute Gasteiger partial charge is 0.242 e. The molecule has 1 aliphatic rings. The maximum atomic E-state index is 12.4. The molecule has 22 heavy (non-hydrogen) atoms. The molecule has 0 bridgehead atoms. The zero-order chi connectivity index (χ0) is 16.1. The zero-order valence-corrected chi connectivity index (χ0v) is 13.7. The van der Waals surface area contributed by atoms with Crippen LogP contribution in [0.5, 0.6) is 0 Å². The fourth-order valence-corrected chi connectivity index (χ4v) is 3.18. The first kappa shape index (κ1) is 16.5. The molecule has 2 rings (SSSR count). The Morgan fingerprint density at radius 3 is 2.55 bits per heavy atom. The van der Waals surface area contributed by atoms with Crippen LogP contribution in [-0.2, 0) is 9.59 Å². The number of carbonyl (C=O) groups is 2. The molecule has 0 saturated carbocycles. The van der Waals surface area contributed by atoms with Crippen LogP contribution in [0.4, 0.5) is 0 Å². The molecule has 1 aromatic rings. The van der Waals surface area contributed by atoms with Crippen molar-refractivity contribution in [3.8, 4) is 0 Å². The van der Waals surface area contributed by atoms with Gasteiger partial charge in [-0.3, -0.25) is 9.59 Å². The molecule has 0 aromatic heterocycles. The Balaban J connectivity index is 1.98. The number of hydrogen-bond acceptors (Lipinski definition) is 2. The van der Waals surface area contributed by atoms with Crippen LogP contribution < -0.4 is 5.32 Å². The SMILES string of the molecule is CC(=O)N1CCC[C@@H]1C(=O)NC[C@H](c1ccccc1)C(C)C. The Hall–Kier alpha value is -1.84. The molecule has 0 aliphatic carbocycles. The molecule has 1 aromatic carbocycles. The summed E-state index contributed by atoms with van der Waals surface area (Å²) in [4.78, 5) is 25.7. The van der Waals surface area contributed by atoms with E-state index in [0.717, 1.165) is 12.8 Å². The predicted octanol–water partition coefficient (Wildman–Crippen LogP) is 2.55. The summed E-state index contributed by atoms with van der Waals surface area (Å²) < 4.78 is 0. The molecule has 1 heterocycles. The highest BCUT2D eigenvalue weighted by Crippen LogP contribution is 2.24. The van der Waals surface area contributed by atoms with Crippen LogP contribution >= 0.6 is 0 Å². The van der Waals surface area contributed by atoms with Crippen molar-refractivity contribution >= 4 is 11.8 Å². The number of likely N-dealkylation sites (tertiary alicyclic amines) is 1. The topological polar surface area (TPSA) is 49.4 Å². The summed E-state index contributed by atoms with van der Waals surface area (Å²) in [7, 11) is 0. The van der Waals surface area contributed by atoms with Crippen molar-refractivity contribution < 1.29 is 9.59 Å². The number of nitrogens with zero attached hydrogens (tertiary/aromatic N) is 1. The number of carbonyl (C=O) groups excluding carboxylic acids is 2. The van der Waals surface area contributed by atoms with Crippen LogP contribution in [0.15, 0.2) is 30.3 Å². The summed E-state index contributed by atoms with van der Waals surface area (Å²) in [5.41, 5.74) is 1.24. The van der Waals surface area contributed by atoms with Crippen molar-refractivity contribution in [2.75, 3.05) is 13.1 Å². The van der Waals surface area contributed by atoms with Crippen LogP contribution in [0.3, 0.4) is 0 Å². The van der Waals surface area contributed by atoms with Gasteiger partial charge in [-0.25, -0.2) is 0 Å². The largest absolute Gasteiger partial charge is 0.354 e. The molecule has 120 valence electrons. The molecule has 2 atom stereocenters. The average Bonchev–Trinajstić information content (AvgIpc) is 2.97. The molecule has 2 amide bonds. The van der Waals surface area contributed by atoms with Crippen LogP contribution in [0, 0.1) is 5.92 Å². The quantitative estimate of drug-likeness (QED) is 0.908. The molecule has 1 saturated heterocycles. The molecule has 0 spiro atoms. The van der Waals surface area contributed by atoms with Gasteiger partial charge < -0.3 is 10.2 Å². The van der Waals surface area contributed by atoms with E-state index >= 15 is 0 Å². The maximum Gasteiger partial charge on any atom is 0.242 e. The fourth-order valence-electron chi connectivity index (χ4n) is 3.18. The number of amides is 2. The minimum Gasteiger partial charge on any atom is -0.354 e. The Morgan fingerprint density at radius 1 is 1.27 bits per heavy atom. The van der Waals surface area contributed by atoms with E-state index in [2.05, 4.69) is 31.3 Å². The van der Waals surface area contributed by atoms with Crippen molar-refractivity contribution in [1.82, 2.24) is 10.2 Å². The van der Waals surface area contributed by atoms with Gasteiger partial charge in [0.05, 0.1) is 0 Å². The van der Waals surface area contributed by atoms with Gasteiger partial charge in [-0.2, -0.15) is 0 Å². The second-order valence-corrected chi connectivity index (χ2v) is 6.38. The van der Waals surface area contributed by atoms with Gasteiger partial charge in [0.2, 0.25) is 11.8 Å². The highest BCUT2D eigenvalue weighted by Gasteiger charge is 2.32. The standard InChI is InChI=1S/C18H26N2O2/c1-13(2)16(15-8-5-4-6-9-15)12-19-18(22)17-10-7-11-20(17)14(3)21/h4-6,8-9,13,16-17H,7,10-12H2,1-3H3,(H,19,22)/t16-,17+/m0/s1.